The highest BCUT2D eigenvalue weighted by Gasteiger charge is 2.33. The third kappa shape index (κ3) is 5.15. The van der Waals surface area contributed by atoms with Crippen LogP contribution in [0.1, 0.15) is 59.3 Å². The highest BCUT2D eigenvalue weighted by Crippen LogP contribution is 2.45. The lowest BCUT2D eigenvalue weighted by molar-refractivity contribution is 0.0947. The number of phenols is 1. The highest BCUT2D eigenvalue weighted by atomic mass is 35.5. The second-order valence-corrected chi connectivity index (χ2v) is 11.1. The van der Waals surface area contributed by atoms with E-state index in [1.165, 1.54) is 12.0 Å². The van der Waals surface area contributed by atoms with Crippen molar-refractivity contribution in [3.05, 3.63) is 62.9 Å². The number of carbonyl (C=O) groups excluding carboxylic acids is 1. The lowest BCUT2D eigenvalue weighted by Gasteiger charge is -2.33. The molecule has 1 aromatic carbocycles. The van der Waals surface area contributed by atoms with Crippen LogP contribution < -0.4 is 10.1 Å². The van der Waals surface area contributed by atoms with Gasteiger partial charge >= 0.3 is 0 Å². The number of amides is 1. The quantitative estimate of drug-likeness (QED) is 0.376. The summed E-state index contributed by atoms with van der Waals surface area (Å²) >= 11 is 7.70. The topological polar surface area (TPSA) is 84.1 Å². The molecule has 0 saturated carbocycles. The number of hydrogen-bond donors (Lipinski definition) is 2. The molecule has 2 heterocycles. The molecule has 1 aliphatic rings. The van der Waals surface area contributed by atoms with Crippen molar-refractivity contribution in [2.45, 2.75) is 46.6 Å². The van der Waals surface area contributed by atoms with Crippen LogP contribution in [0.4, 0.5) is 5.00 Å². The summed E-state index contributed by atoms with van der Waals surface area (Å²) in [5.41, 5.74) is 2.59. The number of aliphatic imine (C=N–C) groups is 1. The number of halogens is 1. The minimum absolute atomic E-state index is 0.112. The lowest BCUT2D eigenvalue weighted by Crippen LogP contribution is -2.28. The van der Waals surface area contributed by atoms with Crippen LogP contribution in [0.15, 0.2) is 39.9 Å². The summed E-state index contributed by atoms with van der Waals surface area (Å²) in [6, 6.07) is 6.90. The van der Waals surface area contributed by atoms with Gasteiger partial charge in [-0.2, -0.15) is 0 Å². The summed E-state index contributed by atoms with van der Waals surface area (Å²) in [6.07, 6.45) is 6.07. The first-order chi connectivity index (χ1) is 16.2. The monoisotopic (exact) mass is 500 g/mol. The maximum absolute atomic E-state index is 13.3. The van der Waals surface area contributed by atoms with Crippen molar-refractivity contribution in [2.75, 3.05) is 7.11 Å². The zero-order chi connectivity index (χ0) is 24.5. The number of ether oxygens (including phenoxy) is 1. The van der Waals surface area contributed by atoms with Crippen molar-refractivity contribution in [1.82, 2.24) is 5.32 Å². The molecule has 0 radical (unpaired) electrons. The standard InChI is InChI=1S/C26H29ClN2O4S/c1-26(2,3)16-7-8-18-21(12-16)34-25(22(18)24(31)28-14-17-6-5-9-33-17)29-13-15-10-19(27)23(30)20(11-15)32-4/h5-6,9-11,13,16,30H,7-8,12,14H2,1-4H3,(H,28,31)/t16-/m1/s1. The predicted octanol–water partition coefficient (Wildman–Crippen LogP) is 6.54. The highest BCUT2D eigenvalue weighted by molar-refractivity contribution is 7.16. The fourth-order valence-electron chi connectivity index (χ4n) is 4.26. The third-order valence-electron chi connectivity index (χ3n) is 6.30. The van der Waals surface area contributed by atoms with Gasteiger partial charge < -0.3 is 19.6 Å². The van der Waals surface area contributed by atoms with Crippen LogP contribution in [0.3, 0.4) is 0 Å². The number of methoxy groups -OCH3 is 1. The van der Waals surface area contributed by atoms with Crippen molar-refractivity contribution in [1.29, 1.82) is 0 Å². The van der Waals surface area contributed by atoms with Gasteiger partial charge in [-0.15, -0.1) is 11.3 Å². The van der Waals surface area contributed by atoms with Gasteiger partial charge in [-0.3, -0.25) is 4.79 Å². The van der Waals surface area contributed by atoms with Crippen LogP contribution in [0.25, 0.3) is 0 Å². The molecule has 1 amide bonds. The summed E-state index contributed by atoms with van der Waals surface area (Å²) in [5, 5.41) is 13.8. The van der Waals surface area contributed by atoms with E-state index in [9.17, 15) is 9.90 Å². The number of fused-ring (bicyclic) bond motifs is 1. The van der Waals surface area contributed by atoms with E-state index in [1.54, 1.807) is 42.0 Å². The largest absolute Gasteiger partial charge is 0.503 e. The molecule has 0 saturated heterocycles. The summed E-state index contributed by atoms with van der Waals surface area (Å²) in [7, 11) is 1.47. The number of phenolic OH excluding ortho intramolecular Hbond substituents is 1. The minimum Gasteiger partial charge on any atom is -0.503 e. The number of aromatic hydroxyl groups is 1. The number of nitrogens with one attached hydrogen (secondary N) is 1. The second kappa shape index (κ2) is 9.84. The van der Waals surface area contributed by atoms with Crippen LogP contribution in [0.2, 0.25) is 5.02 Å². The van der Waals surface area contributed by atoms with Crippen molar-refractivity contribution in [2.24, 2.45) is 16.3 Å². The summed E-state index contributed by atoms with van der Waals surface area (Å²) < 4.78 is 10.5. The first-order valence-electron chi connectivity index (χ1n) is 11.2. The Balaban J connectivity index is 1.68. The molecule has 2 N–H and O–H groups in total. The molecule has 4 rings (SSSR count). The van der Waals surface area contributed by atoms with Crippen LogP contribution in [-0.2, 0) is 19.4 Å². The van der Waals surface area contributed by atoms with Gasteiger partial charge in [0.15, 0.2) is 11.5 Å². The molecule has 6 nitrogen and oxygen atoms in total. The molecule has 34 heavy (non-hydrogen) atoms. The molecule has 1 aliphatic carbocycles. The number of thiophene rings is 1. The van der Waals surface area contributed by atoms with Crippen LogP contribution >= 0.6 is 22.9 Å². The average Bonchev–Trinajstić information content (AvgIpc) is 3.44. The Morgan fingerprint density at radius 2 is 2.21 bits per heavy atom. The van der Waals surface area contributed by atoms with E-state index in [0.717, 1.165) is 24.8 Å². The van der Waals surface area contributed by atoms with Crippen LogP contribution in [0, 0.1) is 11.3 Å². The Morgan fingerprint density at radius 3 is 2.88 bits per heavy atom. The van der Waals surface area contributed by atoms with Gasteiger partial charge in [-0.25, -0.2) is 4.99 Å². The number of nitrogens with zero attached hydrogens (tertiary/aromatic N) is 1. The zero-order valence-corrected chi connectivity index (χ0v) is 21.3. The van der Waals surface area contributed by atoms with E-state index in [0.29, 0.717) is 34.4 Å². The van der Waals surface area contributed by atoms with Crippen molar-refractivity contribution in [3.63, 3.8) is 0 Å². The van der Waals surface area contributed by atoms with E-state index in [-0.39, 0.29) is 27.8 Å². The Kier molecular flexibility index (Phi) is 7.05. The summed E-state index contributed by atoms with van der Waals surface area (Å²) in [6.45, 7) is 7.13. The number of benzene rings is 1. The summed E-state index contributed by atoms with van der Waals surface area (Å²) in [5.74, 6) is 1.25. The van der Waals surface area contributed by atoms with E-state index in [4.69, 9.17) is 25.7 Å². The number of carbonyl (C=O) groups is 1. The molecule has 1 atom stereocenters. The second-order valence-electron chi connectivity index (χ2n) is 9.56. The smallest absolute Gasteiger partial charge is 0.255 e. The Hall–Kier alpha value is -2.77. The molecule has 180 valence electrons. The van der Waals surface area contributed by atoms with Crippen LogP contribution in [-0.4, -0.2) is 24.3 Å². The SMILES string of the molecule is COc1cc(C=Nc2sc3c(c2C(=O)NCc2ccco2)CC[C@@H](C(C)(C)C)C3)cc(Cl)c1O. The normalized spacial score (nSPS) is 16.0. The van der Waals surface area contributed by atoms with Gasteiger partial charge in [-0.1, -0.05) is 32.4 Å². The maximum atomic E-state index is 13.3. The Bertz CT molecular complexity index is 1210. The summed E-state index contributed by atoms with van der Waals surface area (Å²) in [4.78, 5) is 19.2. The number of furan rings is 1. The average molecular weight is 501 g/mol. The van der Waals surface area contributed by atoms with E-state index < -0.39 is 0 Å². The molecule has 0 fully saturated rings. The minimum atomic E-state index is -0.156. The van der Waals surface area contributed by atoms with Gasteiger partial charge in [0, 0.05) is 11.1 Å². The van der Waals surface area contributed by atoms with Gasteiger partial charge in [0.25, 0.3) is 5.91 Å². The van der Waals surface area contributed by atoms with Gasteiger partial charge in [-0.05, 0) is 66.0 Å². The molecule has 0 unspecified atom stereocenters. The molecule has 0 spiro atoms. The molecular formula is C26H29ClN2O4S. The van der Waals surface area contributed by atoms with Gasteiger partial charge in [0.1, 0.15) is 10.8 Å². The van der Waals surface area contributed by atoms with E-state index >= 15 is 0 Å². The van der Waals surface area contributed by atoms with Crippen molar-refractivity contribution >= 4 is 40.1 Å². The number of hydrogen-bond acceptors (Lipinski definition) is 6. The first-order valence-corrected chi connectivity index (χ1v) is 12.4. The molecule has 2 aromatic heterocycles. The molecule has 0 aliphatic heterocycles. The third-order valence-corrected chi connectivity index (χ3v) is 7.75. The molecule has 0 bridgehead atoms. The van der Waals surface area contributed by atoms with Gasteiger partial charge in [0.2, 0.25) is 0 Å². The van der Waals surface area contributed by atoms with Gasteiger partial charge in [0.05, 0.1) is 30.5 Å². The number of rotatable bonds is 6. The Morgan fingerprint density at radius 1 is 1.41 bits per heavy atom. The fraction of sp³-hybridized carbons (Fsp3) is 0.385. The molecular weight excluding hydrogens is 472 g/mol. The zero-order valence-electron chi connectivity index (χ0n) is 19.8. The maximum Gasteiger partial charge on any atom is 0.255 e. The first kappa shape index (κ1) is 24.4. The van der Waals surface area contributed by atoms with E-state index in [2.05, 4.69) is 26.1 Å². The Labute approximate surface area is 208 Å². The lowest BCUT2D eigenvalue weighted by atomic mass is 9.72. The van der Waals surface area contributed by atoms with Crippen molar-refractivity contribution < 1.29 is 19.1 Å². The molecule has 8 heteroatoms. The fourth-order valence-corrected chi connectivity index (χ4v) is 5.75. The van der Waals surface area contributed by atoms with Crippen molar-refractivity contribution in [3.8, 4) is 11.5 Å². The van der Waals surface area contributed by atoms with Crippen LogP contribution in [0.5, 0.6) is 11.5 Å². The van der Waals surface area contributed by atoms with E-state index in [1.807, 2.05) is 6.07 Å². The predicted molar refractivity (Wildman–Crippen MR) is 136 cm³/mol. The molecule has 3 aromatic rings.